The van der Waals surface area contributed by atoms with Gasteiger partial charge in [0, 0.05) is 70.2 Å². The third kappa shape index (κ3) is 10.1. The van der Waals surface area contributed by atoms with Crippen molar-refractivity contribution in [1.29, 1.82) is 0 Å². The van der Waals surface area contributed by atoms with Crippen LogP contribution < -0.4 is 10.2 Å². The maximum absolute atomic E-state index is 11.6. The van der Waals surface area contributed by atoms with Gasteiger partial charge in [-0.25, -0.2) is 4.98 Å². The van der Waals surface area contributed by atoms with E-state index in [0.717, 1.165) is 80.4 Å². The third-order valence-electron chi connectivity index (χ3n) is 6.58. The molecule has 0 saturated heterocycles. The number of carboxylic acid groups (broad SMARTS) is 1. The Balaban J connectivity index is 1.21. The monoisotopic (exact) mass is 579 g/mol. The molecule has 0 saturated carbocycles. The van der Waals surface area contributed by atoms with Gasteiger partial charge in [-0.1, -0.05) is 25.3 Å². The van der Waals surface area contributed by atoms with E-state index in [4.69, 9.17) is 9.87 Å². The second-order valence-electron chi connectivity index (χ2n) is 9.33. The van der Waals surface area contributed by atoms with Crippen LogP contribution in [0.15, 0.2) is 42.6 Å². The van der Waals surface area contributed by atoms with E-state index in [1.54, 1.807) is 24.4 Å². The molecule has 0 amide bonds. The molecule has 222 valence electrons. The maximum atomic E-state index is 11.6. The second-order valence-corrected chi connectivity index (χ2v) is 9.33. The molecule has 0 fully saturated rings. The number of unbranched alkanes of at least 4 members (excludes halogenated alkanes) is 3. The van der Waals surface area contributed by atoms with Crippen LogP contribution in [0.2, 0.25) is 0 Å². The van der Waals surface area contributed by atoms with Crippen LogP contribution in [-0.2, 0) is 58.0 Å². The summed E-state index contributed by atoms with van der Waals surface area (Å²) in [5.41, 5.74) is 3.83. The van der Waals surface area contributed by atoms with Crippen LogP contribution in [0.5, 0.6) is 5.75 Å². The fraction of sp³-hybridized carbons (Fsp3) is 0.423. The van der Waals surface area contributed by atoms with Crippen molar-refractivity contribution in [3.8, 4) is 5.75 Å². The molecular weight excluding hydrogens is 549 g/mol. The van der Waals surface area contributed by atoms with Crippen LogP contribution in [0.3, 0.4) is 0 Å². The standard InChI is InChI=1S/C26H30FN3O11/c27-34-36-38-40-41-39-37-35-33-23-12-10-20-14-21(17-29-24(20)16-23)19(15-25(31)32)6-3-1-2-4-8-22-11-9-18-7-5-13-28-26(18)30-22/h9-12,14,16-17,19H,1-8,13,15H2,(H,28,30)(H,31,32). The quantitative estimate of drug-likeness (QED) is 0.105. The third-order valence-corrected chi connectivity index (χ3v) is 6.58. The van der Waals surface area contributed by atoms with Gasteiger partial charge in [0.2, 0.25) is 0 Å². The highest BCUT2D eigenvalue weighted by atomic mass is 19.3. The van der Waals surface area contributed by atoms with Crippen molar-refractivity contribution in [2.45, 2.75) is 63.7 Å². The Morgan fingerprint density at radius 3 is 2.61 bits per heavy atom. The lowest BCUT2D eigenvalue weighted by Gasteiger charge is -2.17. The fourth-order valence-electron chi connectivity index (χ4n) is 4.67. The first-order valence-electron chi connectivity index (χ1n) is 13.1. The number of carboxylic acids is 1. The number of hydrogen-bond acceptors (Lipinski definition) is 13. The highest BCUT2D eigenvalue weighted by Gasteiger charge is 2.17. The predicted molar refractivity (Wildman–Crippen MR) is 135 cm³/mol. The molecule has 0 aliphatic carbocycles. The molecule has 3 aromatic rings. The molecule has 0 bridgehead atoms. The van der Waals surface area contributed by atoms with E-state index >= 15 is 0 Å². The number of anilines is 1. The lowest BCUT2D eigenvalue weighted by molar-refractivity contribution is -0.835. The summed E-state index contributed by atoms with van der Waals surface area (Å²) >= 11 is 0. The van der Waals surface area contributed by atoms with E-state index in [9.17, 15) is 14.4 Å². The van der Waals surface area contributed by atoms with Gasteiger partial charge < -0.3 is 15.3 Å². The van der Waals surface area contributed by atoms with Crippen molar-refractivity contribution in [3.63, 3.8) is 0 Å². The number of aliphatic carboxylic acids is 1. The summed E-state index contributed by atoms with van der Waals surface area (Å²) in [6.45, 7) is 0.979. The Bertz CT molecular complexity index is 1250. The summed E-state index contributed by atoms with van der Waals surface area (Å²) in [4.78, 5) is 25.6. The molecule has 3 heterocycles. The first-order chi connectivity index (χ1) is 20.1. The topological polar surface area (TPSA) is 158 Å². The Labute approximate surface area is 233 Å². The number of rotatable bonds is 19. The van der Waals surface area contributed by atoms with E-state index in [2.05, 4.69) is 62.8 Å². The molecule has 1 aliphatic rings. The zero-order valence-corrected chi connectivity index (χ0v) is 22.0. The molecule has 1 aliphatic heterocycles. The normalized spacial score (nSPS) is 13.5. The van der Waals surface area contributed by atoms with E-state index in [1.807, 2.05) is 6.07 Å². The smallest absolute Gasteiger partial charge is 0.303 e. The number of nitrogens with one attached hydrogen (secondary N) is 1. The number of pyridine rings is 2. The van der Waals surface area contributed by atoms with Crippen LogP contribution >= 0.6 is 0 Å². The number of aromatic nitrogens is 2. The minimum atomic E-state index is -0.852. The number of hydrogen-bond donors (Lipinski definition) is 2. The second kappa shape index (κ2) is 16.7. The largest absolute Gasteiger partial charge is 0.481 e. The Kier molecular flexibility index (Phi) is 12.4. The molecule has 1 unspecified atom stereocenters. The van der Waals surface area contributed by atoms with Crippen LogP contribution in [0.25, 0.3) is 10.9 Å². The van der Waals surface area contributed by atoms with E-state index in [0.29, 0.717) is 5.52 Å². The summed E-state index contributed by atoms with van der Waals surface area (Å²) < 4.78 is 11.1. The minimum absolute atomic E-state index is 0.0232. The van der Waals surface area contributed by atoms with Gasteiger partial charge in [-0.05, 0) is 77.9 Å². The highest BCUT2D eigenvalue weighted by Crippen LogP contribution is 2.29. The van der Waals surface area contributed by atoms with E-state index in [-0.39, 0.29) is 18.1 Å². The number of carbonyl (C=O) groups is 1. The lowest BCUT2D eigenvalue weighted by atomic mass is 9.90. The number of aryl methyl sites for hydroxylation is 2. The minimum Gasteiger partial charge on any atom is -0.481 e. The van der Waals surface area contributed by atoms with Gasteiger partial charge in [-0.15, -0.1) is 0 Å². The summed E-state index contributed by atoms with van der Waals surface area (Å²) in [5, 5.41) is 42.2. The Hall–Kier alpha value is -3.54. The molecule has 2 aromatic heterocycles. The average Bonchev–Trinajstić information content (AvgIpc) is 2.99. The molecule has 0 radical (unpaired) electrons. The van der Waals surface area contributed by atoms with Crippen molar-refractivity contribution in [3.05, 3.63) is 59.4 Å². The molecule has 1 atom stereocenters. The molecule has 14 nitrogen and oxygen atoms in total. The lowest BCUT2D eigenvalue weighted by Crippen LogP contribution is -2.13. The van der Waals surface area contributed by atoms with Crippen LogP contribution in [0.4, 0.5) is 10.3 Å². The van der Waals surface area contributed by atoms with E-state index in [1.165, 1.54) is 5.56 Å². The number of halogens is 1. The van der Waals surface area contributed by atoms with Crippen molar-refractivity contribution < 1.29 is 59.7 Å². The maximum Gasteiger partial charge on any atom is 0.303 e. The van der Waals surface area contributed by atoms with Crippen LogP contribution in [0, 0.1) is 0 Å². The molecule has 2 N–H and O–H groups in total. The first-order valence-corrected chi connectivity index (χ1v) is 13.1. The molecule has 4 rings (SSSR count). The Morgan fingerprint density at radius 2 is 1.78 bits per heavy atom. The molecular formula is C26H30FN3O11. The van der Waals surface area contributed by atoms with Gasteiger partial charge in [0.15, 0.2) is 5.75 Å². The zero-order valence-electron chi connectivity index (χ0n) is 22.0. The van der Waals surface area contributed by atoms with Gasteiger partial charge in [0.05, 0.1) is 11.9 Å². The van der Waals surface area contributed by atoms with Crippen LogP contribution in [-0.4, -0.2) is 27.6 Å². The van der Waals surface area contributed by atoms with Crippen molar-refractivity contribution in [2.75, 3.05) is 11.9 Å². The predicted octanol–water partition coefficient (Wildman–Crippen LogP) is 5.46. The summed E-state index contributed by atoms with van der Waals surface area (Å²) in [7, 11) is 0. The summed E-state index contributed by atoms with van der Waals surface area (Å²) in [6, 6.07) is 11.1. The van der Waals surface area contributed by atoms with Gasteiger partial charge in [0.25, 0.3) is 0 Å². The average molecular weight is 580 g/mol. The van der Waals surface area contributed by atoms with Crippen molar-refractivity contribution in [1.82, 2.24) is 9.97 Å². The molecule has 0 spiro atoms. The molecule has 1 aromatic carbocycles. The number of benzene rings is 1. The van der Waals surface area contributed by atoms with Gasteiger partial charge >= 0.3 is 5.97 Å². The van der Waals surface area contributed by atoms with Crippen LogP contribution in [0.1, 0.15) is 67.7 Å². The van der Waals surface area contributed by atoms with E-state index < -0.39 is 5.97 Å². The van der Waals surface area contributed by atoms with Crippen molar-refractivity contribution in [2.24, 2.45) is 0 Å². The number of nitrogens with zero attached hydrogens (tertiary/aromatic N) is 2. The van der Waals surface area contributed by atoms with Gasteiger partial charge in [-0.3, -0.25) is 9.78 Å². The molecule has 41 heavy (non-hydrogen) atoms. The molecule has 15 heteroatoms. The zero-order chi connectivity index (χ0) is 28.7. The summed E-state index contributed by atoms with van der Waals surface area (Å²) in [5.74, 6) is 0.222. The Morgan fingerprint density at radius 1 is 0.976 bits per heavy atom. The SMILES string of the molecule is O=C(O)CC(CCCCCCc1ccc2c(n1)NCCC2)c1cnc2cc(OOOOOOOOOF)ccc2c1. The number of fused-ring (bicyclic) bond motifs is 2. The highest BCUT2D eigenvalue weighted by molar-refractivity contribution is 5.80. The van der Waals surface area contributed by atoms with Gasteiger partial charge in [-0.2, -0.15) is 0 Å². The van der Waals surface area contributed by atoms with Gasteiger partial charge in [0.1, 0.15) is 5.82 Å². The van der Waals surface area contributed by atoms with Crippen molar-refractivity contribution >= 4 is 22.7 Å². The first kappa shape index (κ1) is 30.4. The fourth-order valence-corrected chi connectivity index (χ4v) is 4.67. The summed E-state index contributed by atoms with van der Waals surface area (Å²) in [6.07, 6.45) is 9.62.